The molecule has 5 nitrogen and oxygen atoms in total. The molecule has 1 fully saturated rings. The highest BCUT2D eigenvalue weighted by molar-refractivity contribution is 5.83. The summed E-state index contributed by atoms with van der Waals surface area (Å²) in [6, 6.07) is 0. The van der Waals surface area contributed by atoms with Crippen LogP contribution in [-0.4, -0.2) is 48.6 Å². The second-order valence-corrected chi connectivity index (χ2v) is 5.53. The molecule has 2 N–H and O–H groups in total. The summed E-state index contributed by atoms with van der Waals surface area (Å²) < 4.78 is 0. The zero-order valence-electron chi connectivity index (χ0n) is 12.1. The first kappa shape index (κ1) is 16.0. The van der Waals surface area contributed by atoms with E-state index in [-0.39, 0.29) is 17.7 Å². The maximum absolute atomic E-state index is 12.6. The van der Waals surface area contributed by atoms with Crippen molar-refractivity contribution in [1.82, 2.24) is 10.2 Å². The molecule has 5 heteroatoms. The lowest BCUT2D eigenvalue weighted by atomic mass is 9.75. The Balaban J connectivity index is 2.57. The summed E-state index contributed by atoms with van der Waals surface area (Å²) in [5, 5.41) is 12.0. The summed E-state index contributed by atoms with van der Waals surface area (Å²) in [5.41, 5.74) is -0.273. The Morgan fingerprint density at radius 3 is 2.68 bits per heavy atom. The van der Waals surface area contributed by atoms with Crippen LogP contribution in [0.2, 0.25) is 0 Å². The van der Waals surface area contributed by atoms with Crippen molar-refractivity contribution in [1.29, 1.82) is 0 Å². The lowest BCUT2D eigenvalue weighted by Crippen LogP contribution is -2.51. The zero-order valence-corrected chi connectivity index (χ0v) is 12.1. The van der Waals surface area contributed by atoms with Crippen molar-refractivity contribution in [2.75, 3.05) is 26.7 Å². The van der Waals surface area contributed by atoms with Crippen LogP contribution >= 0.6 is 0 Å². The minimum absolute atomic E-state index is 0.122. The van der Waals surface area contributed by atoms with Gasteiger partial charge in [0.05, 0.1) is 5.41 Å². The largest absolute Gasteiger partial charge is 0.481 e. The van der Waals surface area contributed by atoms with Crippen LogP contribution in [0.25, 0.3) is 0 Å². The van der Waals surface area contributed by atoms with Crippen molar-refractivity contribution < 1.29 is 14.7 Å². The highest BCUT2D eigenvalue weighted by atomic mass is 16.4. The molecule has 0 aromatic heterocycles. The Bertz CT molecular complexity index is 306. The first-order valence-corrected chi connectivity index (χ1v) is 7.20. The van der Waals surface area contributed by atoms with Crippen molar-refractivity contribution in [2.45, 2.75) is 45.4 Å². The highest BCUT2D eigenvalue weighted by Gasteiger charge is 2.40. The van der Waals surface area contributed by atoms with E-state index < -0.39 is 5.97 Å². The highest BCUT2D eigenvalue weighted by Crippen LogP contribution is 2.33. The fourth-order valence-corrected chi connectivity index (χ4v) is 2.92. The number of hydrogen-bond donors (Lipinski definition) is 2. The smallest absolute Gasteiger partial charge is 0.303 e. The van der Waals surface area contributed by atoms with Gasteiger partial charge in [-0.25, -0.2) is 0 Å². The molecular weight excluding hydrogens is 244 g/mol. The minimum Gasteiger partial charge on any atom is -0.481 e. The first-order chi connectivity index (χ1) is 9.02. The molecule has 0 spiro atoms. The molecule has 1 aliphatic heterocycles. The van der Waals surface area contributed by atoms with E-state index in [1.165, 1.54) is 0 Å². The molecule has 0 aliphatic carbocycles. The number of carbonyl (C=O) groups is 2. The molecule has 1 unspecified atom stereocenters. The lowest BCUT2D eigenvalue weighted by Gasteiger charge is -2.39. The van der Waals surface area contributed by atoms with Gasteiger partial charge in [0.25, 0.3) is 0 Å². The Hall–Kier alpha value is -1.10. The molecule has 0 aromatic carbocycles. The number of rotatable bonds is 7. The molecule has 110 valence electrons. The number of nitrogens with one attached hydrogen (secondary N) is 1. The number of hydrogen-bond acceptors (Lipinski definition) is 3. The van der Waals surface area contributed by atoms with Crippen LogP contribution in [0.1, 0.15) is 45.4 Å². The van der Waals surface area contributed by atoms with Gasteiger partial charge in [0.15, 0.2) is 0 Å². The average molecular weight is 270 g/mol. The second-order valence-electron chi connectivity index (χ2n) is 5.53. The van der Waals surface area contributed by atoms with Gasteiger partial charge < -0.3 is 15.3 Å². The SMILES string of the molecule is CCCC1(C(=O)N(C)CCCC(=O)O)CCCNC1. The molecule has 1 amide bonds. The summed E-state index contributed by atoms with van der Waals surface area (Å²) in [4.78, 5) is 24.8. The van der Waals surface area contributed by atoms with E-state index in [0.29, 0.717) is 13.0 Å². The lowest BCUT2D eigenvalue weighted by molar-refractivity contribution is -0.143. The van der Waals surface area contributed by atoms with Gasteiger partial charge in [-0.2, -0.15) is 0 Å². The molecular formula is C14H26N2O3. The molecule has 1 saturated heterocycles. The van der Waals surface area contributed by atoms with Crippen LogP contribution in [0.4, 0.5) is 0 Å². The summed E-state index contributed by atoms with van der Waals surface area (Å²) in [6.07, 6.45) is 4.52. The molecule has 0 radical (unpaired) electrons. The first-order valence-electron chi connectivity index (χ1n) is 7.20. The number of carbonyl (C=O) groups excluding carboxylic acids is 1. The van der Waals surface area contributed by atoms with Crippen molar-refractivity contribution in [2.24, 2.45) is 5.41 Å². The Labute approximate surface area is 115 Å². The van der Waals surface area contributed by atoms with Crippen LogP contribution in [0.3, 0.4) is 0 Å². The van der Waals surface area contributed by atoms with Crippen LogP contribution in [0.15, 0.2) is 0 Å². The second kappa shape index (κ2) is 7.48. The van der Waals surface area contributed by atoms with Gasteiger partial charge in [-0.3, -0.25) is 9.59 Å². The molecule has 19 heavy (non-hydrogen) atoms. The molecule has 1 atom stereocenters. The molecule has 1 aliphatic rings. The van der Waals surface area contributed by atoms with Gasteiger partial charge >= 0.3 is 5.97 Å². The summed E-state index contributed by atoms with van der Waals surface area (Å²) in [7, 11) is 1.79. The van der Waals surface area contributed by atoms with Crippen LogP contribution in [-0.2, 0) is 9.59 Å². The summed E-state index contributed by atoms with van der Waals surface area (Å²) in [5.74, 6) is -0.629. The molecule has 0 saturated carbocycles. The molecule has 1 rings (SSSR count). The predicted molar refractivity (Wildman–Crippen MR) is 74.0 cm³/mol. The number of piperidine rings is 1. The number of nitrogens with zero attached hydrogens (tertiary/aromatic N) is 1. The maximum atomic E-state index is 12.6. The van der Waals surface area contributed by atoms with Crippen molar-refractivity contribution in [3.05, 3.63) is 0 Å². The zero-order chi connectivity index (χ0) is 14.3. The number of carboxylic acid groups (broad SMARTS) is 1. The van der Waals surface area contributed by atoms with E-state index in [1.807, 2.05) is 0 Å². The van der Waals surface area contributed by atoms with E-state index >= 15 is 0 Å². The Morgan fingerprint density at radius 2 is 2.16 bits per heavy atom. The standard InChI is InChI=1S/C14H26N2O3/c1-3-7-14(8-5-9-15-11-14)13(19)16(2)10-4-6-12(17)18/h15H,3-11H2,1-2H3,(H,17,18). The van der Waals surface area contributed by atoms with E-state index in [1.54, 1.807) is 11.9 Å². The van der Waals surface area contributed by atoms with E-state index in [9.17, 15) is 9.59 Å². The Morgan fingerprint density at radius 1 is 1.42 bits per heavy atom. The third-order valence-electron chi connectivity index (χ3n) is 3.89. The quantitative estimate of drug-likeness (QED) is 0.735. The number of carboxylic acids is 1. The third-order valence-corrected chi connectivity index (χ3v) is 3.89. The van der Waals surface area contributed by atoms with E-state index in [0.717, 1.165) is 38.8 Å². The van der Waals surface area contributed by atoms with Gasteiger partial charge in [0.1, 0.15) is 0 Å². The summed E-state index contributed by atoms with van der Waals surface area (Å²) >= 11 is 0. The summed E-state index contributed by atoms with van der Waals surface area (Å²) in [6.45, 7) is 4.37. The fourth-order valence-electron chi connectivity index (χ4n) is 2.92. The van der Waals surface area contributed by atoms with Crippen molar-refractivity contribution in [3.63, 3.8) is 0 Å². The van der Waals surface area contributed by atoms with Gasteiger partial charge in [0.2, 0.25) is 5.91 Å². The van der Waals surface area contributed by atoms with Crippen LogP contribution < -0.4 is 5.32 Å². The van der Waals surface area contributed by atoms with Gasteiger partial charge in [-0.15, -0.1) is 0 Å². The topological polar surface area (TPSA) is 69.6 Å². The van der Waals surface area contributed by atoms with Gasteiger partial charge in [0, 0.05) is 26.6 Å². The van der Waals surface area contributed by atoms with Gasteiger partial charge in [-0.1, -0.05) is 13.3 Å². The van der Waals surface area contributed by atoms with Crippen LogP contribution in [0.5, 0.6) is 0 Å². The minimum atomic E-state index is -0.802. The molecule has 1 heterocycles. The van der Waals surface area contributed by atoms with Crippen molar-refractivity contribution in [3.8, 4) is 0 Å². The van der Waals surface area contributed by atoms with Crippen LogP contribution in [0, 0.1) is 5.41 Å². The number of aliphatic carboxylic acids is 1. The van der Waals surface area contributed by atoms with Gasteiger partial charge in [-0.05, 0) is 32.2 Å². The average Bonchev–Trinajstić information content (AvgIpc) is 2.38. The monoisotopic (exact) mass is 270 g/mol. The molecule has 0 bridgehead atoms. The normalized spacial score (nSPS) is 23.1. The third kappa shape index (κ3) is 4.49. The number of amides is 1. The van der Waals surface area contributed by atoms with E-state index in [4.69, 9.17) is 5.11 Å². The predicted octanol–water partition coefficient (Wildman–Crippen LogP) is 1.48. The molecule has 0 aromatic rings. The van der Waals surface area contributed by atoms with E-state index in [2.05, 4.69) is 12.2 Å². The Kier molecular flexibility index (Phi) is 6.28. The van der Waals surface area contributed by atoms with Crippen molar-refractivity contribution >= 4 is 11.9 Å². The maximum Gasteiger partial charge on any atom is 0.303 e. The fraction of sp³-hybridized carbons (Fsp3) is 0.857.